The number of esters is 1. The van der Waals surface area contributed by atoms with Crippen LogP contribution in [0.4, 0.5) is 0 Å². The number of Topliss-reactive ketones (excluding diaryl/α,β-unsaturated/α-hetero) is 1. The van der Waals surface area contributed by atoms with Crippen LogP contribution in [0, 0.1) is 22.7 Å². The smallest absolute Gasteiger partial charge is 0.320 e. The summed E-state index contributed by atoms with van der Waals surface area (Å²) in [5.41, 5.74) is -0.893. The van der Waals surface area contributed by atoms with Crippen molar-refractivity contribution in [3.63, 3.8) is 0 Å². The van der Waals surface area contributed by atoms with Gasteiger partial charge >= 0.3 is 5.97 Å². The number of hydrogen-bond donors (Lipinski definition) is 0. The summed E-state index contributed by atoms with van der Waals surface area (Å²) in [6, 6.07) is 1.76. The molecule has 0 spiro atoms. The Morgan fingerprint density at radius 3 is 3.00 bits per heavy atom. The fourth-order valence-electron chi connectivity index (χ4n) is 1.77. The van der Waals surface area contributed by atoms with Crippen LogP contribution < -0.4 is 0 Å². The molecule has 0 unspecified atom stereocenters. The molecule has 0 amide bonds. The molecular weight excluding hydrogens is 158 g/mol. The normalized spacial score (nSPS) is 36.6. The highest BCUT2D eigenvalue weighted by molar-refractivity contribution is 6.09. The van der Waals surface area contributed by atoms with Gasteiger partial charge in [-0.25, -0.2) is 0 Å². The number of ether oxygens (including phenoxy) is 1. The van der Waals surface area contributed by atoms with Gasteiger partial charge in [0, 0.05) is 5.92 Å². The van der Waals surface area contributed by atoms with Crippen LogP contribution in [-0.2, 0) is 14.3 Å². The van der Waals surface area contributed by atoms with Gasteiger partial charge in [-0.15, -0.1) is 0 Å². The van der Waals surface area contributed by atoms with Crippen LogP contribution in [0.3, 0.4) is 0 Å². The molecule has 0 aromatic rings. The Hall–Kier alpha value is -1.37. The molecular formula is C8H7NO3. The number of carbonyl (C=O) groups excluding carboxylic acids is 2. The van der Waals surface area contributed by atoms with Gasteiger partial charge < -0.3 is 4.74 Å². The topological polar surface area (TPSA) is 67.2 Å². The van der Waals surface area contributed by atoms with Crippen LogP contribution in [0.1, 0.15) is 12.8 Å². The first-order valence-corrected chi connectivity index (χ1v) is 3.79. The second-order valence-electron chi connectivity index (χ2n) is 3.23. The molecule has 2 rings (SSSR count). The van der Waals surface area contributed by atoms with E-state index in [0.29, 0.717) is 13.0 Å². The zero-order chi connectivity index (χ0) is 8.77. The van der Waals surface area contributed by atoms with Gasteiger partial charge in [-0.1, -0.05) is 0 Å². The molecule has 0 radical (unpaired) electrons. The summed E-state index contributed by atoms with van der Waals surface area (Å²) in [7, 11) is 0. The van der Waals surface area contributed by atoms with Crippen molar-refractivity contribution in [3.8, 4) is 6.07 Å². The SMILES string of the molecule is N#CCC(=O)[C@@]12C[C@@H]1COC2=O. The van der Waals surface area contributed by atoms with Crippen molar-refractivity contribution in [2.45, 2.75) is 12.8 Å². The fourth-order valence-corrected chi connectivity index (χ4v) is 1.77. The van der Waals surface area contributed by atoms with E-state index in [4.69, 9.17) is 10.00 Å². The summed E-state index contributed by atoms with van der Waals surface area (Å²) in [5, 5.41) is 8.29. The molecule has 62 valence electrons. The average Bonchev–Trinajstić information content (AvgIpc) is 2.69. The van der Waals surface area contributed by atoms with E-state index in [1.54, 1.807) is 6.07 Å². The maximum Gasteiger partial charge on any atom is 0.320 e. The number of nitriles is 1. The zero-order valence-electron chi connectivity index (χ0n) is 6.37. The molecule has 2 atom stereocenters. The van der Waals surface area contributed by atoms with Crippen LogP contribution >= 0.6 is 0 Å². The Bertz CT molecular complexity index is 304. The zero-order valence-corrected chi connectivity index (χ0v) is 6.37. The molecule has 0 bridgehead atoms. The van der Waals surface area contributed by atoms with E-state index in [-0.39, 0.29) is 18.1 Å². The lowest BCUT2D eigenvalue weighted by atomic mass is 9.98. The van der Waals surface area contributed by atoms with E-state index in [0.717, 1.165) is 0 Å². The number of hydrogen-bond acceptors (Lipinski definition) is 4. The lowest BCUT2D eigenvalue weighted by molar-refractivity contribution is -0.148. The molecule has 2 fully saturated rings. The molecule has 0 aromatic carbocycles. The van der Waals surface area contributed by atoms with Crippen molar-refractivity contribution in [2.24, 2.45) is 11.3 Å². The molecule has 0 N–H and O–H groups in total. The Morgan fingerprint density at radius 2 is 2.58 bits per heavy atom. The first-order chi connectivity index (χ1) is 5.71. The van der Waals surface area contributed by atoms with E-state index in [9.17, 15) is 9.59 Å². The van der Waals surface area contributed by atoms with Crippen molar-refractivity contribution in [3.05, 3.63) is 0 Å². The molecule has 12 heavy (non-hydrogen) atoms. The molecule has 1 heterocycles. The quantitative estimate of drug-likeness (QED) is 0.427. The maximum atomic E-state index is 11.3. The summed E-state index contributed by atoms with van der Waals surface area (Å²) < 4.78 is 4.72. The van der Waals surface area contributed by atoms with Crippen molar-refractivity contribution in [1.29, 1.82) is 5.26 Å². The summed E-state index contributed by atoms with van der Waals surface area (Å²) >= 11 is 0. The van der Waals surface area contributed by atoms with Gasteiger partial charge in [0.05, 0.1) is 19.1 Å². The molecule has 1 aliphatic carbocycles. The highest BCUT2D eigenvalue weighted by Crippen LogP contribution is 2.58. The number of nitrogens with zero attached hydrogens (tertiary/aromatic N) is 1. The van der Waals surface area contributed by atoms with Gasteiger partial charge in [-0.2, -0.15) is 5.26 Å². The first kappa shape index (κ1) is 7.29. The van der Waals surface area contributed by atoms with E-state index < -0.39 is 11.4 Å². The Morgan fingerprint density at radius 1 is 1.83 bits per heavy atom. The molecule has 1 saturated carbocycles. The fraction of sp³-hybridized carbons (Fsp3) is 0.625. The predicted octanol–water partition coefficient (Wildman–Crippen LogP) is 0.0323. The van der Waals surface area contributed by atoms with Gasteiger partial charge in [0.2, 0.25) is 0 Å². The van der Waals surface area contributed by atoms with Crippen molar-refractivity contribution < 1.29 is 14.3 Å². The maximum absolute atomic E-state index is 11.3. The number of carbonyl (C=O) groups is 2. The van der Waals surface area contributed by atoms with E-state index in [1.807, 2.05) is 0 Å². The number of fused-ring (bicyclic) bond motifs is 1. The molecule has 1 saturated heterocycles. The lowest BCUT2D eigenvalue weighted by Crippen LogP contribution is -2.24. The van der Waals surface area contributed by atoms with Crippen LogP contribution in [0.5, 0.6) is 0 Å². The first-order valence-electron chi connectivity index (χ1n) is 3.79. The molecule has 4 nitrogen and oxygen atoms in total. The third kappa shape index (κ3) is 0.658. The van der Waals surface area contributed by atoms with Gasteiger partial charge in [0.15, 0.2) is 5.78 Å². The van der Waals surface area contributed by atoms with Crippen molar-refractivity contribution >= 4 is 11.8 Å². The highest BCUT2D eigenvalue weighted by Gasteiger charge is 2.70. The molecule has 1 aliphatic heterocycles. The largest absolute Gasteiger partial charge is 0.465 e. The Labute approximate surface area is 69.1 Å². The third-order valence-electron chi connectivity index (χ3n) is 2.62. The summed E-state index contributed by atoms with van der Waals surface area (Å²) in [4.78, 5) is 22.4. The Balaban J connectivity index is 2.19. The predicted molar refractivity (Wildman–Crippen MR) is 36.7 cm³/mol. The summed E-state index contributed by atoms with van der Waals surface area (Å²) in [6.07, 6.45) is 0.415. The number of rotatable bonds is 2. The van der Waals surface area contributed by atoms with Gasteiger partial charge in [0.1, 0.15) is 5.41 Å². The second-order valence-corrected chi connectivity index (χ2v) is 3.23. The minimum Gasteiger partial charge on any atom is -0.465 e. The Kier molecular flexibility index (Phi) is 1.26. The van der Waals surface area contributed by atoms with Gasteiger partial charge in [-0.3, -0.25) is 9.59 Å². The monoisotopic (exact) mass is 165 g/mol. The van der Waals surface area contributed by atoms with Crippen molar-refractivity contribution in [2.75, 3.05) is 6.61 Å². The minimum atomic E-state index is -0.893. The molecule has 0 aromatic heterocycles. The number of cyclic esters (lactones) is 1. The van der Waals surface area contributed by atoms with Crippen LogP contribution in [0.2, 0.25) is 0 Å². The van der Waals surface area contributed by atoms with Gasteiger partial charge in [-0.05, 0) is 6.42 Å². The standard InChI is InChI=1S/C8H7NO3/c9-2-1-6(10)8-3-5(8)4-12-7(8)11/h5H,1,3-4H2/t5-,8-/m1/s1. The van der Waals surface area contributed by atoms with Crippen LogP contribution in [0.25, 0.3) is 0 Å². The average molecular weight is 165 g/mol. The summed E-state index contributed by atoms with van der Waals surface area (Å²) in [6.45, 7) is 0.357. The van der Waals surface area contributed by atoms with Crippen LogP contribution in [0.15, 0.2) is 0 Å². The third-order valence-corrected chi connectivity index (χ3v) is 2.62. The molecule has 2 aliphatic rings. The van der Waals surface area contributed by atoms with Crippen LogP contribution in [-0.4, -0.2) is 18.4 Å². The lowest BCUT2D eigenvalue weighted by Gasteiger charge is -2.03. The van der Waals surface area contributed by atoms with Crippen molar-refractivity contribution in [1.82, 2.24) is 0 Å². The molecule has 4 heteroatoms. The number of ketones is 1. The summed E-state index contributed by atoms with van der Waals surface area (Å²) in [5.74, 6) is -0.629. The van der Waals surface area contributed by atoms with E-state index >= 15 is 0 Å². The van der Waals surface area contributed by atoms with Gasteiger partial charge in [0.25, 0.3) is 0 Å². The van der Waals surface area contributed by atoms with E-state index in [1.165, 1.54) is 0 Å². The second kappa shape index (κ2) is 2.07. The van der Waals surface area contributed by atoms with E-state index in [2.05, 4.69) is 0 Å². The minimum absolute atomic E-state index is 0.0610. The highest BCUT2D eigenvalue weighted by atomic mass is 16.5.